The van der Waals surface area contributed by atoms with Gasteiger partial charge >= 0.3 is 0 Å². The number of carbonyl (C=O) groups excluding carboxylic acids is 1. The molecule has 1 aromatic rings. The molecule has 0 radical (unpaired) electrons. The molecule has 1 amide bonds. The van der Waals surface area contributed by atoms with E-state index in [1.54, 1.807) is 6.92 Å². The first-order valence-electron chi connectivity index (χ1n) is 8.15. The van der Waals surface area contributed by atoms with Crippen molar-refractivity contribution in [1.29, 1.82) is 0 Å². The number of nitrogens with two attached hydrogens (primary N) is 1. The topological polar surface area (TPSA) is 62.0 Å². The van der Waals surface area contributed by atoms with E-state index in [9.17, 15) is 4.79 Å². The molecular weight excluding hydrogens is 399 g/mol. The maximum absolute atomic E-state index is 12.0. The van der Waals surface area contributed by atoms with Gasteiger partial charge in [-0.2, -0.15) is 0 Å². The molecule has 1 saturated heterocycles. The highest BCUT2D eigenvalue weighted by Gasteiger charge is 2.24. The van der Waals surface area contributed by atoms with Gasteiger partial charge in [-0.3, -0.25) is 4.79 Å². The lowest BCUT2D eigenvalue weighted by Gasteiger charge is -2.37. The van der Waals surface area contributed by atoms with Gasteiger partial charge in [-0.25, -0.2) is 0 Å². The number of piperazine rings is 1. The van der Waals surface area contributed by atoms with E-state index in [0.717, 1.165) is 31.1 Å². The fourth-order valence-electron chi connectivity index (χ4n) is 2.63. The fraction of sp³-hybridized carbons (Fsp3) is 0.588. The van der Waals surface area contributed by atoms with Crippen molar-refractivity contribution >= 4 is 48.8 Å². The summed E-state index contributed by atoms with van der Waals surface area (Å²) in [7, 11) is 4.06. The third-order valence-electron chi connectivity index (χ3n) is 3.98. The molecule has 1 aliphatic heterocycles. The van der Waals surface area contributed by atoms with Gasteiger partial charge in [0.25, 0.3) is 0 Å². The van der Waals surface area contributed by atoms with E-state index < -0.39 is 6.04 Å². The Morgan fingerprint density at radius 1 is 1.15 bits per heavy atom. The standard InChI is InChI=1S/C17H28N4O2.3ClH/c1-14(18)17(22)21-10-8-20(9-11-21)15-6-4-5-7-16(15)23-13-12-19(2)3;;;/h4-7,14H,8-13,18H2,1-3H3;3*1H/t14-;;;/m1.../s1. The van der Waals surface area contributed by atoms with Crippen molar-refractivity contribution in [3.63, 3.8) is 0 Å². The second-order valence-corrected chi connectivity index (χ2v) is 6.22. The molecule has 1 aliphatic rings. The number of ether oxygens (including phenoxy) is 1. The van der Waals surface area contributed by atoms with Crippen LogP contribution in [0.3, 0.4) is 0 Å². The molecule has 6 nitrogen and oxygen atoms in total. The van der Waals surface area contributed by atoms with E-state index in [2.05, 4.69) is 15.9 Å². The largest absolute Gasteiger partial charge is 0.490 e. The van der Waals surface area contributed by atoms with E-state index in [4.69, 9.17) is 10.5 Å². The van der Waals surface area contributed by atoms with Crippen LogP contribution < -0.4 is 15.4 Å². The van der Waals surface area contributed by atoms with Crippen molar-refractivity contribution in [2.45, 2.75) is 13.0 Å². The van der Waals surface area contributed by atoms with Gasteiger partial charge < -0.3 is 25.2 Å². The monoisotopic (exact) mass is 428 g/mol. The number of hydrogen-bond donors (Lipinski definition) is 1. The first-order valence-corrected chi connectivity index (χ1v) is 8.15. The van der Waals surface area contributed by atoms with Gasteiger partial charge in [0.15, 0.2) is 0 Å². The molecule has 0 bridgehead atoms. The number of anilines is 1. The molecule has 0 aliphatic carbocycles. The van der Waals surface area contributed by atoms with Crippen LogP contribution in [0.1, 0.15) is 6.92 Å². The normalized spacial score (nSPS) is 14.7. The fourth-order valence-corrected chi connectivity index (χ4v) is 2.63. The first-order chi connectivity index (χ1) is 11.0. The smallest absolute Gasteiger partial charge is 0.239 e. The zero-order valence-corrected chi connectivity index (χ0v) is 18.0. The van der Waals surface area contributed by atoms with Gasteiger partial charge in [0.1, 0.15) is 12.4 Å². The molecule has 1 heterocycles. The molecule has 1 aromatic carbocycles. The maximum atomic E-state index is 12.0. The lowest BCUT2D eigenvalue weighted by molar-refractivity contribution is -0.132. The third kappa shape index (κ3) is 7.76. The molecule has 9 heteroatoms. The van der Waals surface area contributed by atoms with Crippen LogP contribution in [0.4, 0.5) is 5.69 Å². The third-order valence-corrected chi connectivity index (χ3v) is 3.98. The summed E-state index contributed by atoms with van der Waals surface area (Å²) in [5, 5.41) is 0. The number of halogens is 3. The zero-order chi connectivity index (χ0) is 16.8. The number of likely N-dealkylation sites (N-methyl/N-ethyl adjacent to an activating group) is 1. The van der Waals surface area contributed by atoms with Crippen molar-refractivity contribution in [2.24, 2.45) is 5.73 Å². The van der Waals surface area contributed by atoms with Crippen LogP contribution in [0.5, 0.6) is 5.75 Å². The van der Waals surface area contributed by atoms with Gasteiger partial charge in [0.2, 0.25) is 5.91 Å². The average molecular weight is 430 g/mol. The quantitative estimate of drug-likeness (QED) is 0.748. The van der Waals surface area contributed by atoms with Crippen LogP contribution in [0.25, 0.3) is 0 Å². The number of rotatable bonds is 6. The van der Waals surface area contributed by atoms with Crippen molar-refractivity contribution in [3.05, 3.63) is 24.3 Å². The van der Waals surface area contributed by atoms with Crippen molar-refractivity contribution in [1.82, 2.24) is 9.80 Å². The second-order valence-electron chi connectivity index (χ2n) is 6.22. The highest BCUT2D eigenvalue weighted by molar-refractivity contribution is 5.86. The molecule has 1 fully saturated rings. The molecular formula is C17H31Cl3N4O2. The summed E-state index contributed by atoms with van der Waals surface area (Å²) < 4.78 is 5.93. The van der Waals surface area contributed by atoms with Crippen molar-refractivity contribution in [2.75, 3.05) is 58.3 Å². The minimum atomic E-state index is -0.428. The van der Waals surface area contributed by atoms with Gasteiger partial charge in [-0.15, -0.1) is 37.2 Å². The number of para-hydroxylation sites is 2. The van der Waals surface area contributed by atoms with Crippen LogP contribution in [-0.4, -0.2) is 75.2 Å². The maximum Gasteiger partial charge on any atom is 0.239 e. The summed E-state index contributed by atoms with van der Waals surface area (Å²) in [5.74, 6) is 0.932. The lowest BCUT2D eigenvalue weighted by Crippen LogP contribution is -2.52. The Balaban J connectivity index is 0. The molecule has 0 saturated carbocycles. The molecule has 1 atom stereocenters. The van der Waals surface area contributed by atoms with Crippen LogP contribution in [0, 0.1) is 0 Å². The van der Waals surface area contributed by atoms with E-state index in [1.807, 2.05) is 37.2 Å². The zero-order valence-electron chi connectivity index (χ0n) is 15.6. The number of amides is 1. The number of hydrogen-bond acceptors (Lipinski definition) is 5. The molecule has 0 aromatic heterocycles. The SMILES string of the molecule is C[C@@H](N)C(=O)N1CCN(c2ccccc2OCCN(C)C)CC1.Cl.Cl.Cl. The van der Waals surface area contributed by atoms with Crippen molar-refractivity contribution < 1.29 is 9.53 Å². The Labute approximate surface area is 175 Å². The minimum absolute atomic E-state index is 0. The number of benzene rings is 1. The van der Waals surface area contributed by atoms with Crippen LogP contribution in [0.15, 0.2) is 24.3 Å². The first kappa shape index (κ1) is 27.3. The van der Waals surface area contributed by atoms with E-state index in [-0.39, 0.29) is 43.1 Å². The summed E-state index contributed by atoms with van der Waals surface area (Å²) in [6.07, 6.45) is 0. The molecule has 26 heavy (non-hydrogen) atoms. The summed E-state index contributed by atoms with van der Waals surface area (Å²) in [5.41, 5.74) is 6.78. The summed E-state index contributed by atoms with van der Waals surface area (Å²) in [4.78, 5) is 18.2. The Hall–Kier alpha value is -0.920. The van der Waals surface area contributed by atoms with Gasteiger partial charge in [0.05, 0.1) is 11.7 Å². The Kier molecular flexibility index (Phi) is 13.9. The Morgan fingerprint density at radius 3 is 2.27 bits per heavy atom. The average Bonchev–Trinajstić information content (AvgIpc) is 2.54. The second kappa shape index (κ2) is 13.3. The number of nitrogens with zero attached hydrogens (tertiary/aromatic N) is 3. The van der Waals surface area contributed by atoms with Crippen LogP contribution in [-0.2, 0) is 4.79 Å². The highest BCUT2D eigenvalue weighted by Crippen LogP contribution is 2.28. The Bertz CT molecular complexity index is 524. The summed E-state index contributed by atoms with van der Waals surface area (Å²) in [6.45, 7) is 6.28. The summed E-state index contributed by atoms with van der Waals surface area (Å²) in [6, 6.07) is 7.67. The minimum Gasteiger partial charge on any atom is -0.490 e. The predicted molar refractivity (Wildman–Crippen MR) is 115 cm³/mol. The van der Waals surface area contributed by atoms with E-state index >= 15 is 0 Å². The molecule has 2 N–H and O–H groups in total. The van der Waals surface area contributed by atoms with Gasteiger partial charge in [-0.05, 0) is 33.2 Å². The van der Waals surface area contributed by atoms with Crippen LogP contribution >= 0.6 is 37.2 Å². The molecule has 0 unspecified atom stereocenters. The Morgan fingerprint density at radius 2 is 1.73 bits per heavy atom. The van der Waals surface area contributed by atoms with Gasteiger partial charge in [0, 0.05) is 32.7 Å². The molecule has 2 rings (SSSR count). The van der Waals surface area contributed by atoms with Crippen molar-refractivity contribution in [3.8, 4) is 5.75 Å². The highest BCUT2D eigenvalue weighted by atomic mass is 35.5. The molecule has 0 spiro atoms. The summed E-state index contributed by atoms with van der Waals surface area (Å²) >= 11 is 0. The van der Waals surface area contributed by atoms with Crippen LogP contribution in [0.2, 0.25) is 0 Å². The number of carbonyl (C=O) groups is 1. The predicted octanol–water partition coefficient (Wildman–Crippen LogP) is 1.89. The lowest BCUT2D eigenvalue weighted by atomic mass is 10.2. The molecule has 152 valence electrons. The van der Waals surface area contributed by atoms with E-state index in [1.165, 1.54) is 0 Å². The van der Waals surface area contributed by atoms with Gasteiger partial charge in [-0.1, -0.05) is 12.1 Å². The van der Waals surface area contributed by atoms with E-state index in [0.29, 0.717) is 19.7 Å².